The van der Waals surface area contributed by atoms with Gasteiger partial charge in [0.1, 0.15) is 0 Å². The molecule has 0 aromatic carbocycles. The van der Waals surface area contributed by atoms with E-state index in [-0.39, 0.29) is 31.0 Å². The van der Waals surface area contributed by atoms with Crippen LogP contribution in [0.25, 0.3) is 0 Å². The van der Waals surface area contributed by atoms with Crippen molar-refractivity contribution in [1.82, 2.24) is 0 Å². The normalized spacial score (nSPS) is 6.29. The van der Waals surface area contributed by atoms with Gasteiger partial charge in [0.2, 0.25) is 0 Å². The van der Waals surface area contributed by atoms with E-state index in [1.807, 2.05) is 0 Å². The molecule has 0 aliphatic carbocycles. The maximum Gasteiger partial charge on any atom is 1.00 e. The molecule has 0 aliphatic heterocycles. The third-order valence-corrected chi connectivity index (χ3v) is 0. The Morgan fingerprint density at radius 1 is 0.524 bits per heavy atom. The molecule has 0 radical (unpaired) electrons. The van der Waals surface area contributed by atoms with Crippen LogP contribution in [0.3, 0.4) is 0 Å². The van der Waals surface area contributed by atoms with E-state index in [0.29, 0.717) is 0 Å². The molecule has 20 heteroatoms. The third-order valence-electron chi connectivity index (χ3n) is 0. The first kappa shape index (κ1) is 37.4. The summed E-state index contributed by atoms with van der Waals surface area (Å²) in [5.74, 6) is 0. The first-order valence-corrected chi connectivity index (χ1v) is 3.75. The summed E-state index contributed by atoms with van der Waals surface area (Å²) in [5.41, 5.74) is 0. The van der Waals surface area contributed by atoms with Crippen molar-refractivity contribution in [2.45, 2.75) is 0 Å². The fourth-order valence-corrected chi connectivity index (χ4v) is 0. The van der Waals surface area contributed by atoms with Gasteiger partial charge in [-0.3, -0.25) is 0 Å². The average Bonchev–Trinajstić information content (AvgIpc) is 1.94. The van der Waals surface area contributed by atoms with E-state index < -0.39 is 35.4 Å². The van der Waals surface area contributed by atoms with Gasteiger partial charge in [-0.2, -0.15) is 0 Å². The van der Waals surface area contributed by atoms with E-state index in [9.17, 15) is 0 Å². The number of carboxylic acid groups (broad SMARTS) is 2. The van der Waals surface area contributed by atoms with Crippen molar-refractivity contribution in [3.05, 3.63) is 0 Å². The van der Waals surface area contributed by atoms with Gasteiger partial charge in [-0.15, -0.1) is 0 Å². The molecule has 14 N–H and O–H groups in total. The van der Waals surface area contributed by atoms with Crippen LogP contribution in [0.2, 0.25) is 0 Å². The van der Waals surface area contributed by atoms with Crippen LogP contribution in [-0.2, 0) is 0 Å². The minimum atomic E-state index is -2.17. The summed E-state index contributed by atoms with van der Waals surface area (Å²) >= 11 is 0. The molecule has 0 spiro atoms. The monoisotopic (exact) mass is 334 g/mol. The fraction of sp³-hybridized carbons (Fsp3) is 0. The Balaban J connectivity index is -0.0000000250. The Hall–Kier alpha value is 0.0497. The molecule has 0 saturated heterocycles. The van der Waals surface area contributed by atoms with E-state index in [1.165, 1.54) is 0 Å². The molecular formula is CH15B4NaO15. The van der Waals surface area contributed by atoms with Gasteiger partial charge < -0.3 is 71.9 Å². The molecule has 0 rings (SSSR count). The topological polar surface area (TPSA) is 300 Å². The van der Waals surface area contributed by atoms with E-state index in [2.05, 4.69) is 0 Å². The summed E-state index contributed by atoms with van der Waals surface area (Å²) in [7, 11) is -8.67. The smallest absolute Gasteiger partial charge is 1.00 e. The number of rotatable bonds is 0. The van der Waals surface area contributed by atoms with Gasteiger partial charge in [0.05, 0.1) is 0 Å². The molecule has 0 bridgehead atoms. The number of carbonyl (C=O) groups is 1. The molecule has 0 aliphatic rings. The van der Waals surface area contributed by atoms with Gasteiger partial charge >= 0.3 is 65.0 Å². The Labute approximate surface area is 142 Å². The molecule has 0 saturated carbocycles. The zero-order valence-electron chi connectivity index (χ0n) is 11.5. The van der Waals surface area contributed by atoms with E-state index in [4.69, 9.17) is 75.3 Å². The molecule has 15 nitrogen and oxygen atoms in total. The summed E-state index contributed by atoms with van der Waals surface area (Å²) in [6.07, 6.45) is -1.83. The van der Waals surface area contributed by atoms with Gasteiger partial charge in [-0.25, -0.2) is 4.79 Å². The van der Waals surface area contributed by atoms with Crippen molar-refractivity contribution < 1.29 is 106 Å². The molecule has 0 aromatic heterocycles. The van der Waals surface area contributed by atoms with Crippen molar-refractivity contribution in [2.75, 3.05) is 0 Å². The van der Waals surface area contributed by atoms with E-state index >= 15 is 0 Å². The summed E-state index contributed by atoms with van der Waals surface area (Å²) in [5, 5.41) is 99.9. The molecule has 0 amide bonds. The van der Waals surface area contributed by atoms with Crippen LogP contribution < -0.4 is 29.6 Å². The summed E-state index contributed by atoms with van der Waals surface area (Å²) < 4.78 is 0. The number of hydrogen-bond donors (Lipinski definition) is 14. The predicted molar refractivity (Wildman–Crippen MR) is 61.4 cm³/mol. The SMILES string of the molecule is O=C(O)O.OB(O)O.OB(O)O.OB(O)O.OB(O)O.[H-].[Na+]. The largest absolute Gasteiger partial charge is 1.00 e. The Morgan fingerprint density at radius 3 is 0.524 bits per heavy atom. The molecule has 0 aromatic rings. The predicted octanol–water partition coefficient (Wildman–Crippen LogP) is -10.9. The minimum absolute atomic E-state index is 0. The van der Waals surface area contributed by atoms with Crippen LogP contribution in [0.15, 0.2) is 0 Å². The summed E-state index contributed by atoms with van der Waals surface area (Å²) in [6.45, 7) is 0. The Morgan fingerprint density at radius 2 is 0.524 bits per heavy atom. The minimum Gasteiger partial charge on any atom is -1.00 e. The van der Waals surface area contributed by atoms with Crippen molar-refractivity contribution >= 4 is 35.4 Å². The Kier molecular flexibility index (Phi) is 57.1. The third kappa shape index (κ3) is 2640000. The second kappa shape index (κ2) is 32.1. The van der Waals surface area contributed by atoms with Crippen molar-refractivity contribution in [1.29, 1.82) is 0 Å². The molecule has 122 valence electrons. The molecule has 0 heterocycles. The van der Waals surface area contributed by atoms with Crippen LogP contribution in [0.4, 0.5) is 4.79 Å². The van der Waals surface area contributed by atoms with Gasteiger partial charge in [-0.1, -0.05) is 0 Å². The van der Waals surface area contributed by atoms with Gasteiger partial charge in [0, 0.05) is 0 Å². The van der Waals surface area contributed by atoms with Gasteiger partial charge in [-0.05, 0) is 0 Å². The van der Waals surface area contributed by atoms with Gasteiger partial charge in [0.15, 0.2) is 0 Å². The van der Waals surface area contributed by atoms with E-state index in [1.54, 1.807) is 0 Å². The first-order chi connectivity index (χ1) is 8.66. The average molecular weight is 333 g/mol. The quantitative estimate of drug-likeness (QED) is 0.183. The van der Waals surface area contributed by atoms with E-state index in [0.717, 1.165) is 0 Å². The molecule has 21 heavy (non-hydrogen) atoms. The zero-order chi connectivity index (χ0) is 17.9. The van der Waals surface area contributed by atoms with Gasteiger partial charge in [0.25, 0.3) is 0 Å². The second-order valence-corrected chi connectivity index (χ2v) is 1.67. The van der Waals surface area contributed by atoms with Crippen LogP contribution in [0.1, 0.15) is 1.43 Å². The van der Waals surface area contributed by atoms with Crippen LogP contribution >= 0.6 is 0 Å². The van der Waals surface area contributed by atoms with Crippen LogP contribution in [0, 0.1) is 0 Å². The summed E-state index contributed by atoms with van der Waals surface area (Å²) in [4.78, 5) is 8.56. The Bertz CT molecular complexity index is 131. The molecular weight excluding hydrogens is 318 g/mol. The zero-order valence-corrected chi connectivity index (χ0v) is 12.5. The molecule has 0 atom stereocenters. The maximum atomic E-state index is 8.56. The molecule has 0 unspecified atom stereocenters. The van der Waals surface area contributed by atoms with Crippen LogP contribution in [-0.4, -0.2) is 106 Å². The second-order valence-electron chi connectivity index (χ2n) is 1.67. The maximum absolute atomic E-state index is 8.56. The standard InChI is InChI=1S/CH2O3.4BH3O3.Na.H/c5*2-1(3)4;;/h(H2,2,3,4);4*2-4H;;/q;;;;;+1;-1. The molecule has 0 fully saturated rings. The fourth-order valence-electron chi connectivity index (χ4n) is 0. The number of hydrogen-bond acceptors (Lipinski definition) is 13. The van der Waals surface area contributed by atoms with Crippen LogP contribution in [0.5, 0.6) is 0 Å². The first-order valence-electron chi connectivity index (χ1n) is 3.75. The van der Waals surface area contributed by atoms with Crippen molar-refractivity contribution in [2.24, 2.45) is 0 Å². The van der Waals surface area contributed by atoms with Crippen molar-refractivity contribution in [3.8, 4) is 0 Å². The van der Waals surface area contributed by atoms with Crippen molar-refractivity contribution in [3.63, 3.8) is 0 Å². The summed E-state index contributed by atoms with van der Waals surface area (Å²) in [6, 6.07) is 0.